The lowest BCUT2D eigenvalue weighted by atomic mass is 10.1. The maximum atomic E-state index is 12.2. The maximum Gasteiger partial charge on any atom is 0.247 e. The van der Waals surface area contributed by atoms with Crippen LogP contribution in [0.4, 0.5) is 0 Å². The Hall–Kier alpha value is -2.67. The van der Waals surface area contributed by atoms with E-state index in [4.69, 9.17) is 16.9 Å². The van der Waals surface area contributed by atoms with Crippen LogP contribution in [-0.4, -0.2) is 41.7 Å². The van der Waals surface area contributed by atoms with E-state index in [0.29, 0.717) is 18.7 Å². The summed E-state index contributed by atoms with van der Waals surface area (Å²) in [5.41, 5.74) is 12.2. The number of rotatable bonds is 5. The van der Waals surface area contributed by atoms with Crippen LogP contribution in [0, 0.1) is 5.41 Å². The van der Waals surface area contributed by atoms with Crippen molar-refractivity contribution in [3.05, 3.63) is 47.5 Å². The lowest BCUT2D eigenvalue weighted by Gasteiger charge is -2.23. The average molecular weight is 301 g/mol. The molecule has 2 rings (SSSR count). The molecule has 1 aromatic rings. The monoisotopic (exact) mass is 301 g/mol. The number of carbonyl (C=O) groups excluding carboxylic acids is 2. The number of amides is 2. The molecule has 0 aromatic heterocycles. The number of nitrogens with two attached hydrogens (primary N) is 2. The first-order valence-corrected chi connectivity index (χ1v) is 6.90. The van der Waals surface area contributed by atoms with Crippen molar-refractivity contribution in [2.24, 2.45) is 11.5 Å². The second kappa shape index (κ2) is 6.86. The molecular formula is C15H19N5O2. The minimum atomic E-state index is -0.604. The SMILES string of the molecule is N=C(N)c1ccc(CNC(=O)C2C=CCN2C(=O)CN)cc1. The van der Waals surface area contributed by atoms with E-state index in [2.05, 4.69) is 5.32 Å². The first kappa shape index (κ1) is 15.7. The molecule has 1 aliphatic heterocycles. The molecule has 0 spiro atoms. The number of amidine groups is 1. The zero-order chi connectivity index (χ0) is 16.1. The summed E-state index contributed by atoms with van der Waals surface area (Å²) in [6.45, 7) is 0.630. The first-order chi connectivity index (χ1) is 10.5. The summed E-state index contributed by atoms with van der Waals surface area (Å²) < 4.78 is 0. The minimum absolute atomic E-state index is 0.00242. The average Bonchev–Trinajstić information content (AvgIpc) is 3.01. The second-order valence-corrected chi connectivity index (χ2v) is 4.95. The molecule has 0 aliphatic carbocycles. The van der Waals surface area contributed by atoms with Crippen molar-refractivity contribution in [3.63, 3.8) is 0 Å². The van der Waals surface area contributed by atoms with E-state index in [-0.39, 0.29) is 24.2 Å². The molecule has 6 N–H and O–H groups in total. The van der Waals surface area contributed by atoms with E-state index in [0.717, 1.165) is 5.56 Å². The summed E-state index contributed by atoms with van der Waals surface area (Å²) in [6, 6.07) is 6.44. The van der Waals surface area contributed by atoms with E-state index in [1.165, 1.54) is 4.90 Å². The van der Waals surface area contributed by atoms with Crippen LogP contribution in [0.5, 0.6) is 0 Å². The fraction of sp³-hybridized carbons (Fsp3) is 0.267. The Balaban J connectivity index is 1.93. The van der Waals surface area contributed by atoms with Crippen molar-refractivity contribution in [1.82, 2.24) is 10.2 Å². The Morgan fingerprint density at radius 1 is 1.32 bits per heavy atom. The molecule has 0 saturated carbocycles. The molecule has 1 aliphatic rings. The molecule has 1 aromatic carbocycles. The highest BCUT2D eigenvalue weighted by atomic mass is 16.2. The van der Waals surface area contributed by atoms with Gasteiger partial charge in [0.2, 0.25) is 11.8 Å². The molecule has 0 saturated heterocycles. The van der Waals surface area contributed by atoms with Gasteiger partial charge in [-0.1, -0.05) is 36.4 Å². The van der Waals surface area contributed by atoms with Gasteiger partial charge in [-0.2, -0.15) is 0 Å². The zero-order valence-corrected chi connectivity index (χ0v) is 12.1. The Labute approximate surface area is 128 Å². The van der Waals surface area contributed by atoms with Crippen molar-refractivity contribution in [2.75, 3.05) is 13.1 Å². The second-order valence-electron chi connectivity index (χ2n) is 4.95. The molecule has 1 heterocycles. The van der Waals surface area contributed by atoms with Crippen molar-refractivity contribution >= 4 is 17.6 Å². The van der Waals surface area contributed by atoms with Gasteiger partial charge in [0.1, 0.15) is 11.9 Å². The van der Waals surface area contributed by atoms with Gasteiger partial charge in [0.05, 0.1) is 6.54 Å². The smallest absolute Gasteiger partial charge is 0.247 e. The highest BCUT2D eigenvalue weighted by Gasteiger charge is 2.29. The Morgan fingerprint density at radius 2 is 2.00 bits per heavy atom. The summed E-state index contributed by atoms with van der Waals surface area (Å²) in [5, 5.41) is 10.1. The standard InChI is InChI=1S/C15H19N5O2/c16-8-13(21)20-7-1-2-12(20)15(22)19-9-10-3-5-11(6-4-10)14(17)18/h1-6,12H,7-9,16H2,(H3,17,18)(H,19,22). The predicted molar refractivity (Wildman–Crippen MR) is 83.0 cm³/mol. The molecule has 7 heteroatoms. The number of nitrogens with zero attached hydrogens (tertiary/aromatic N) is 1. The Bertz CT molecular complexity index is 609. The fourth-order valence-corrected chi connectivity index (χ4v) is 2.22. The summed E-state index contributed by atoms with van der Waals surface area (Å²) in [4.78, 5) is 25.3. The third-order valence-corrected chi connectivity index (χ3v) is 3.45. The van der Waals surface area contributed by atoms with Crippen molar-refractivity contribution in [2.45, 2.75) is 12.6 Å². The molecular weight excluding hydrogens is 282 g/mol. The van der Waals surface area contributed by atoms with Crippen molar-refractivity contribution in [3.8, 4) is 0 Å². The quantitative estimate of drug-likeness (QED) is 0.326. The van der Waals surface area contributed by atoms with Gasteiger partial charge in [-0.15, -0.1) is 0 Å². The number of hydrogen-bond acceptors (Lipinski definition) is 4. The van der Waals surface area contributed by atoms with E-state index in [9.17, 15) is 9.59 Å². The summed E-state index contributed by atoms with van der Waals surface area (Å²) in [6.07, 6.45) is 3.47. The van der Waals surface area contributed by atoms with E-state index < -0.39 is 6.04 Å². The Kier molecular flexibility index (Phi) is 4.90. The van der Waals surface area contributed by atoms with E-state index >= 15 is 0 Å². The van der Waals surface area contributed by atoms with Crippen LogP contribution in [0.25, 0.3) is 0 Å². The summed E-state index contributed by atoms with van der Waals surface area (Å²) >= 11 is 0. The lowest BCUT2D eigenvalue weighted by molar-refractivity contribution is -0.136. The Morgan fingerprint density at radius 3 is 2.59 bits per heavy atom. The molecule has 1 atom stereocenters. The van der Waals surface area contributed by atoms with Crippen LogP contribution in [0.3, 0.4) is 0 Å². The van der Waals surface area contributed by atoms with Gasteiger partial charge in [0.25, 0.3) is 0 Å². The fourth-order valence-electron chi connectivity index (χ4n) is 2.22. The van der Waals surface area contributed by atoms with Crippen LogP contribution in [0.15, 0.2) is 36.4 Å². The van der Waals surface area contributed by atoms with Crippen molar-refractivity contribution < 1.29 is 9.59 Å². The summed E-state index contributed by atoms with van der Waals surface area (Å²) in [5.74, 6) is -0.496. The van der Waals surface area contributed by atoms with Gasteiger partial charge in [0.15, 0.2) is 0 Å². The van der Waals surface area contributed by atoms with Gasteiger partial charge < -0.3 is 21.7 Å². The number of benzene rings is 1. The normalized spacial score (nSPS) is 16.6. The summed E-state index contributed by atoms with van der Waals surface area (Å²) in [7, 11) is 0. The maximum absolute atomic E-state index is 12.2. The number of hydrogen-bond donors (Lipinski definition) is 4. The first-order valence-electron chi connectivity index (χ1n) is 6.90. The van der Waals surface area contributed by atoms with Crippen molar-refractivity contribution in [1.29, 1.82) is 5.41 Å². The van der Waals surface area contributed by atoms with Crippen LogP contribution in [-0.2, 0) is 16.1 Å². The van der Waals surface area contributed by atoms with Gasteiger partial charge in [-0.05, 0) is 5.56 Å². The van der Waals surface area contributed by atoms with Gasteiger partial charge in [-0.3, -0.25) is 15.0 Å². The van der Waals surface area contributed by atoms with Gasteiger partial charge in [-0.25, -0.2) is 0 Å². The number of nitrogens with one attached hydrogen (secondary N) is 2. The molecule has 0 bridgehead atoms. The number of carbonyl (C=O) groups is 2. The largest absolute Gasteiger partial charge is 0.384 e. The van der Waals surface area contributed by atoms with Gasteiger partial charge >= 0.3 is 0 Å². The van der Waals surface area contributed by atoms with Gasteiger partial charge in [0, 0.05) is 18.7 Å². The van der Waals surface area contributed by atoms with Crippen LogP contribution in [0.2, 0.25) is 0 Å². The molecule has 116 valence electrons. The number of nitrogen functional groups attached to an aromatic ring is 1. The van der Waals surface area contributed by atoms with Crippen LogP contribution in [0.1, 0.15) is 11.1 Å². The molecule has 7 nitrogen and oxygen atoms in total. The van der Waals surface area contributed by atoms with Crippen LogP contribution < -0.4 is 16.8 Å². The highest BCUT2D eigenvalue weighted by Crippen LogP contribution is 2.10. The molecule has 1 unspecified atom stereocenters. The van der Waals surface area contributed by atoms with Crippen LogP contribution >= 0.6 is 0 Å². The third-order valence-electron chi connectivity index (χ3n) is 3.45. The topological polar surface area (TPSA) is 125 Å². The molecule has 22 heavy (non-hydrogen) atoms. The zero-order valence-electron chi connectivity index (χ0n) is 12.1. The predicted octanol–water partition coefficient (Wildman–Crippen LogP) is -0.687. The lowest BCUT2D eigenvalue weighted by Crippen LogP contribution is -2.47. The van der Waals surface area contributed by atoms with E-state index in [1.54, 1.807) is 36.4 Å². The van der Waals surface area contributed by atoms with E-state index in [1.807, 2.05) is 0 Å². The third kappa shape index (κ3) is 3.50. The minimum Gasteiger partial charge on any atom is -0.384 e. The molecule has 0 radical (unpaired) electrons. The highest BCUT2D eigenvalue weighted by molar-refractivity contribution is 5.95. The molecule has 0 fully saturated rings. The molecule has 2 amide bonds.